The molecule has 0 unspecified atom stereocenters. The van der Waals surface area contributed by atoms with Crippen molar-refractivity contribution < 1.29 is 9.53 Å². The first-order chi connectivity index (χ1) is 10.8. The number of hydrogen-bond donors (Lipinski definition) is 0. The molecular weight excluding hydrogens is 276 g/mol. The molecule has 0 saturated carbocycles. The molecule has 0 atom stereocenters. The van der Waals surface area contributed by atoms with Crippen LogP contribution in [-0.4, -0.2) is 17.3 Å². The van der Waals surface area contributed by atoms with Gasteiger partial charge in [0.1, 0.15) is 5.69 Å². The average Bonchev–Trinajstić information content (AvgIpc) is 2.91. The Labute approximate surface area is 130 Å². The maximum Gasteiger partial charge on any atom is 0.209 e. The van der Waals surface area contributed by atoms with Crippen molar-refractivity contribution in [2.45, 2.75) is 19.8 Å². The zero-order valence-corrected chi connectivity index (χ0v) is 12.5. The number of fused-ring (bicyclic) bond motifs is 1. The number of benzene rings is 1. The molecule has 112 valence electrons. The molecule has 2 aromatic rings. The summed E-state index contributed by atoms with van der Waals surface area (Å²) < 4.78 is 5.85. The van der Waals surface area contributed by atoms with Crippen LogP contribution in [0, 0.1) is 0 Å². The number of carbonyl (C=O) groups excluding carboxylic acids is 1. The molecule has 4 heteroatoms. The largest absolute Gasteiger partial charge is 0.438 e. The Balaban J connectivity index is 1.89. The van der Waals surface area contributed by atoms with Gasteiger partial charge in [0.05, 0.1) is 5.69 Å². The lowest BCUT2D eigenvalue weighted by Crippen LogP contribution is -2.22. The zero-order valence-electron chi connectivity index (χ0n) is 12.5. The van der Waals surface area contributed by atoms with Gasteiger partial charge in [-0.2, -0.15) is 0 Å². The fourth-order valence-electron chi connectivity index (χ4n) is 2.40. The standard InChI is InChI=1S/C18H18N2O2/c1-2-3-12-20-15-9-4-5-10-17(15)22-18(20)13-16(21)14-8-6-7-11-19-14/h4-11,13H,2-3,12H2,1H3. The summed E-state index contributed by atoms with van der Waals surface area (Å²) in [6.45, 7) is 2.97. The lowest BCUT2D eigenvalue weighted by atomic mass is 10.2. The lowest BCUT2D eigenvalue weighted by Gasteiger charge is -2.17. The van der Waals surface area contributed by atoms with Gasteiger partial charge in [-0.25, -0.2) is 0 Å². The minimum Gasteiger partial charge on any atom is -0.438 e. The number of para-hydroxylation sites is 2. The Morgan fingerprint density at radius 2 is 2.05 bits per heavy atom. The van der Waals surface area contributed by atoms with Gasteiger partial charge in [0, 0.05) is 18.8 Å². The monoisotopic (exact) mass is 294 g/mol. The molecular formula is C18H18N2O2. The minimum absolute atomic E-state index is 0.148. The molecule has 0 radical (unpaired) electrons. The second kappa shape index (κ2) is 6.43. The van der Waals surface area contributed by atoms with E-state index in [0.29, 0.717) is 11.6 Å². The highest BCUT2D eigenvalue weighted by Gasteiger charge is 2.26. The Bertz CT molecular complexity index is 695. The van der Waals surface area contributed by atoms with E-state index in [1.165, 1.54) is 6.08 Å². The van der Waals surface area contributed by atoms with Crippen LogP contribution in [0.5, 0.6) is 5.75 Å². The number of aromatic nitrogens is 1. The van der Waals surface area contributed by atoms with E-state index in [-0.39, 0.29) is 5.78 Å². The second-order valence-corrected chi connectivity index (χ2v) is 5.14. The molecule has 2 heterocycles. The first-order valence-corrected chi connectivity index (χ1v) is 7.51. The van der Waals surface area contributed by atoms with Crippen molar-refractivity contribution in [2.75, 3.05) is 11.4 Å². The fraction of sp³-hybridized carbons (Fsp3) is 0.222. The predicted molar refractivity (Wildman–Crippen MR) is 86.0 cm³/mol. The van der Waals surface area contributed by atoms with Gasteiger partial charge in [0.2, 0.25) is 11.7 Å². The summed E-state index contributed by atoms with van der Waals surface area (Å²) in [5, 5.41) is 0. The Hall–Kier alpha value is -2.62. The second-order valence-electron chi connectivity index (χ2n) is 5.14. The van der Waals surface area contributed by atoms with E-state index in [0.717, 1.165) is 30.8 Å². The third kappa shape index (κ3) is 2.86. The van der Waals surface area contributed by atoms with Crippen LogP contribution in [0.1, 0.15) is 30.3 Å². The van der Waals surface area contributed by atoms with Crippen LogP contribution in [0.25, 0.3) is 0 Å². The van der Waals surface area contributed by atoms with E-state index >= 15 is 0 Å². The van der Waals surface area contributed by atoms with Gasteiger partial charge in [-0.1, -0.05) is 31.5 Å². The van der Waals surface area contributed by atoms with Crippen molar-refractivity contribution in [3.05, 3.63) is 66.3 Å². The summed E-state index contributed by atoms with van der Waals surface area (Å²) in [6, 6.07) is 13.1. The minimum atomic E-state index is -0.148. The number of allylic oxidation sites excluding steroid dienone is 1. The maximum absolute atomic E-state index is 12.3. The van der Waals surface area contributed by atoms with Crippen LogP contribution >= 0.6 is 0 Å². The van der Waals surface area contributed by atoms with Gasteiger partial charge in [-0.3, -0.25) is 9.78 Å². The molecule has 0 bridgehead atoms. The highest BCUT2D eigenvalue weighted by molar-refractivity contribution is 6.03. The van der Waals surface area contributed by atoms with Crippen LogP contribution in [0.4, 0.5) is 5.69 Å². The normalized spacial score (nSPS) is 14.8. The smallest absolute Gasteiger partial charge is 0.209 e. The third-order valence-corrected chi connectivity index (χ3v) is 3.54. The quantitative estimate of drug-likeness (QED) is 0.621. The van der Waals surface area contributed by atoms with Crippen molar-refractivity contribution in [2.24, 2.45) is 0 Å². The van der Waals surface area contributed by atoms with E-state index in [4.69, 9.17) is 4.74 Å². The first kappa shape index (κ1) is 14.3. The molecule has 22 heavy (non-hydrogen) atoms. The highest BCUT2D eigenvalue weighted by Crippen LogP contribution is 2.38. The van der Waals surface area contributed by atoms with Crippen LogP contribution in [-0.2, 0) is 0 Å². The Kier molecular flexibility index (Phi) is 4.19. The van der Waals surface area contributed by atoms with E-state index < -0.39 is 0 Å². The number of ketones is 1. The summed E-state index contributed by atoms with van der Waals surface area (Å²) in [5.74, 6) is 1.22. The molecule has 4 nitrogen and oxygen atoms in total. The summed E-state index contributed by atoms with van der Waals surface area (Å²) in [7, 11) is 0. The molecule has 0 spiro atoms. The van der Waals surface area contributed by atoms with Gasteiger partial charge < -0.3 is 9.64 Å². The average molecular weight is 294 g/mol. The first-order valence-electron chi connectivity index (χ1n) is 7.51. The van der Waals surface area contributed by atoms with Crippen molar-refractivity contribution in [1.29, 1.82) is 0 Å². The van der Waals surface area contributed by atoms with Crippen LogP contribution in [0.15, 0.2) is 60.6 Å². The lowest BCUT2D eigenvalue weighted by molar-refractivity contribution is 0.103. The van der Waals surface area contributed by atoms with Gasteiger partial charge in [0.15, 0.2) is 5.75 Å². The van der Waals surface area contributed by atoms with E-state index in [1.807, 2.05) is 24.3 Å². The molecule has 1 aliphatic heterocycles. The van der Waals surface area contributed by atoms with Gasteiger partial charge in [-0.15, -0.1) is 0 Å². The van der Waals surface area contributed by atoms with Crippen LogP contribution < -0.4 is 9.64 Å². The molecule has 1 aromatic carbocycles. The molecule has 0 fully saturated rings. The molecule has 0 amide bonds. The Morgan fingerprint density at radius 1 is 1.23 bits per heavy atom. The number of anilines is 1. The van der Waals surface area contributed by atoms with Crippen LogP contribution in [0.2, 0.25) is 0 Å². The van der Waals surface area contributed by atoms with E-state index in [2.05, 4.69) is 16.8 Å². The number of ether oxygens (including phenoxy) is 1. The predicted octanol–water partition coefficient (Wildman–Crippen LogP) is 3.80. The molecule has 3 rings (SSSR count). The van der Waals surface area contributed by atoms with Crippen molar-refractivity contribution in [1.82, 2.24) is 4.98 Å². The van der Waals surface area contributed by atoms with Gasteiger partial charge in [0.25, 0.3) is 0 Å². The van der Waals surface area contributed by atoms with E-state index in [9.17, 15) is 4.79 Å². The van der Waals surface area contributed by atoms with E-state index in [1.54, 1.807) is 24.4 Å². The summed E-state index contributed by atoms with van der Waals surface area (Å²) >= 11 is 0. The SMILES string of the molecule is CCCCN1C(=CC(=O)c2ccccn2)Oc2ccccc21. The van der Waals surface area contributed by atoms with Gasteiger partial charge in [-0.05, 0) is 30.7 Å². The van der Waals surface area contributed by atoms with Crippen molar-refractivity contribution in [3.8, 4) is 5.75 Å². The fourth-order valence-corrected chi connectivity index (χ4v) is 2.40. The summed E-state index contributed by atoms with van der Waals surface area (Å²) in [6.07, 6.45) is 5.26. The number of nitrogens with zero attached hydrogens (tertiary/aromatic N) is 2. The molecule has 1 aliphatic rings. The Morgan fingerprint density at radius 3 is 2.82 bits per heavy atom. The van der Waals surface area contributed by atoms with Crippen molar-refractivity contribution in [3.63, 3.8) is 0 Å². The number of rotatable bonds is 5. The zero-order chi connectivity index (χ0) is 15.4. The topological polar surface area (TPSA) is 42.4 Å². The molecule has 0 saturated heterocycles. The molecule has 1 aromatic heterocycles. The van der Waals surface area contributed by atoms with Crippen LogP contribution in [0.3, 0.4) is 0 Å². The third-order valence-electron chi connectivity index (χ3n) is 3.54. The molecule has 0 N–H and O–H groups in total. The number of carbonyl (C=O) groups is 1. The number of hydrogen-bond acceptors (Lipinski definition) is 4. The van der Waals surface area contributed by atoms with Gasteiger partial charge >= 0.3 is 0 Å². The number of pyridine rings is 1. The number of unbranched alkanes of at least 4 members (excludes halogenated alkanes) is 1. The summed E-state index contributed by atoms with van der Waals surface area (Å²) in [5.41, 5.74) is 1.43. The van der Waals surface area contributed by atoms with Crippen molar-refractivity contribution >= 4 is 11.5 Å². The molecule has 0 aliphatic carbocycles. The summed E-state index contributed by atoms with van der Waals surface area (Å²) in [4.78, 5) is 18.5. The highest BCUT2D eigenvalue weighted by atomic mass is 16.5. The maximum atomic E-state index is 12.3.